The molecule has 0 radical (unpaired) electrons. The van der Waals surface area contributed by atoms with Gasteiger partial charge in [-0.15, -0.1) is 0 Å². The maximum Gasteiger partial charge on any atom is 0.255 e. The Labute approximate surface area is 168 Å². The van der Waals surface area contributed by atoms with Gasteiger partial charge in [0.1, 0.15) is 5.75 Å². The van der Waals surface area contributed by atoms with Crippen LogP contribution in [0.15, 0.2) is 29.3 Å². The molecule has 7 heteroatoms. The van der Waals surface area contributed by atoms with E-state index >= 15 is 0 Å². The summed E-state index contributed by atoms with van der Waals surface area (Å²) < 4.78 is 10.7. The number of guanidine groups is 1. The van der Waals surface area contributed by atoms with Gasteiger partial charge in [-0.2, -0.15) is 0 Å². The van der Waals surface area contributed by atoms with Crippen LogP contribution in [0.4, 0.5) is 0 Å². The molecule has 2 rings (SSSR count). The van der Waals surface area contributed by atoms with Crippen molar-refractivity contribution in [2.24, 2.45) is 16.6 Å². The molecule has 0 bridgehead atoms. The number of primary amides is 1. The third-order valence-electron chi connectivity index (χ3n) is 4.88. The molecule has 28 heavy (non-hydrogen) atoms. The lowest BCUT2D eigenvalue weighted by Gasteiger charge is -2.26. The molecule has 0 aromatic heterocycles. The van der Waals surface area contributed by atoms with Crippen molar-refractivity contribution in [1.82, 2.24) is 10.2 Å². The molecule has 7 nitrogen and oxygen atoms in total. The van der Waals surface area contributed by atoms with Gasteiger partial charge < -0.3 is 25.4 Å². The van der Waals surface area contributed by atoms with Gasteiger partial charge in [0.15, 0.2) is 12.6 Å². The van der Waals surface area contributed by atoms with Gasteiger partial charge in [-0.05, 0) is 56.2 Å². The molecule has 0 atom stereocenters. The summed E-state index contributed by atoms with van der Waals surface area (Å²) in [5.41, 5.74) is 6.26. The lowest BCUT2D eigenvalue weighted by atomic mass is 9.96. The number of carbonyl (C=O) groups excluding carboxylic acids is 1. The van der Waals surface area contributed by atoms with Crippen LogP contribution in [0, 0.1) is 5.92 Å². The second kappa shape index (κ2) is 12.2. The lowest BCUT2D eigenvalue weighted by molar-refractivity contribution is -0.119. The quantitative estimate of drug-likeness (QED) is 0.470. The topological polar surface area (TPSA) is 89.2 Å². The molecule has 0 aliphatic carbocycles. The summed E-state index contributed by atoms with van der Waals surface area (Å²) in [6, 6.07) is 7.70. The number of aliphatic imine (C=N–C) groups is 1. The van der Waals surface area contributed by atoms with Crippen LogP contribution in [0.3, 0.4) is 0 Å². The molecule has 1 aromatic rings. The summed E-state index contributed by atoms with van der Waals surface area (Å²) in [6.07, 6.45) is 4.36. The fraction of sp³-hybridized carbons (Fsp3) is 0.619. The predicted octanol–water partition coefficient (Wildman–Crippen LogP) is 1.81. The average molecular weight is 391 g/mol. The van der Waals surface area contributed by atoms with E-state index in [-0.39, 0.29) is 6.61 Å². The van der Waals surface area contributed by atoms with Gasteiger partial charge in [-0.3, -0.25) is 9.79 Å². The van der Waals surface area contributed by atoms with Gasteiger partial charge in [0, 0.05) is 39.9 Å². The maximum absolute atomic E-state index is 10.8. The summed E-state index contributed by atoms with van der Waals surface area (Å²) in [5, 5.41) is 3.38. The van der Waals surface area contributed by atoms with E-state index in [0.717, 1.165) is 44.6 Å². The normalized spacial score (nSPS) is 15.3. The minimum atomic E-state index is -0.477. The minimum absolute atomic E-state index is 0.101. The van der Waals surface area contributed by atoms with Crippen molar-refractivity contribution in [3.8, 4) is 5.75 Å². The van der Waals surface area contributed by atoms with Gasteiger partial charge in [0.2, 0.25) is 0 Å². The second-order valence-electron chi connectivity index (χ2n) is 7.15. The number of rotatable bonds is 10. The SMILES string of the molecule is CCNC(=NCCc1ccc(OCC(N)=O)cc1)N(C)CCC1CCOCC1. The number of nitrogens with one attached hydrogen (secondary N) is 1. The highest BCUT2D eigenvalue weighted by atomic mass is 16.5. The number of hydrogen-bond donors (Lipinski definition) is 2. The summed E-state index contributed by atoms with van der Waals surface area (Å²) in [5.74, 6) is 1.88. The van der Waals surface area contributed by atoms with Crippen LogP contribution in [0.1, 0.15) is 31.7 Å². The van der Waals surface area contributed by atoms with E-state index in [1.807, 2.05) is 24.3 Å². The predicted molar refractivity (Wildman–Crippen MR) is 112 cm³/mol. The van der Waals surface area contributed by atoms with Crippen molar-refractivity contribution in [2.45, 2.75) is 32.6 Å². The van der Waals surface area contributed by atoms with E-state index in [1.165, 1.54) is 24.8 Å². The first-order chi connectivity index (χ1) is 13.6. The van der Waals surface area contributed by atoms with Gasteiger partial charge >= 0.3 is 0 Å². The summed E-state index contributed by atoms with van der Waals surface area (Å²) >= 11 is 0. The highest BCUT2D eigenvalue weighted by Crippen LogP contribution is 2.18. The smallest absolute Gasteiger partial charge is 0.255 e. The number of hydrogen-bond acceptors (Lipinski definition) is 4. The summed E-state index contributed by atoms with van der Waals surface area (Å²) in [7, 11) is 2.10. The zero-order valence-corrected chi connectivity index (χ0v) is 17.2. The first-order valence-corrected chi connectivity index (χ1v) is 10.2. The number of carbonyl (C=O) groups is 1. The average Bonchev–Trinajstić information content (AvgIpc) is 2.71. The number of nitrogens with two attached hydrogens (primary N) is 1. The zero-order chi connectivity index (χ0) is 20.2. The Bertz CT molecular complexity index is 613. The van der Waals surface area contributed by atoms with Crippen molar-refractivity contribution in [3.63, 3.8) is 0 Å². The third-order valence-corrected chi connectivity index (χ3v) is 4.88. The van der Waals surface area contributed by atoms with E-state index in [2.05, 4.69) is 24.2 Å². The molecule has 1 aliphatic rings. The van der Waals surface area contributed by atoms with Crippen LogP contribution in [-0.4, -0.2) is 63.3 Å². The second-order valence-corrected chi connectivity index (χ2v) is 7.15. The fourth-order valence-corrected chi connectivity index (χ4v) is 3.18. The van der Waals surface area contributed by atoms with Crippen molar-refractivity contribution < 1.29 is 14.3 Å². The van der Waals surface area contributed by atoms with Gasteiger partial charge in [-0.25, -0.2) is 0 Å². The Morgan fingerprint density at radius 2 is 2.04 bits per heavy atom. The maximum atomic E-state index is 10.8. The molecule has 1 heterocycles. The Balaban J connectivity index is 1.79. The Hall–Kier alpha value is -2.28. The highest BCUT2D eigenvalue weighted by Gasteiger charge is 2.15. The van der Waals surface area contributed by atoms with Crippen LogP contribution in [0.25, 0.3) is 0 Å². The number of nitrogens with zero attached hydrogens (tertiary/aromatic N) is 2. The van der Waals surface area contributed by atoms with Crippen LogP contribution in [0.5, 0.6) is 5.75 Å². The van der Waals surface area contributed by atoms with Crippen molar-refractivity contribution in [3.05, 3.63) is 29.8 Å². The molecular weight excluding hydrogens is 356 g/mol. The molecular formula is C21H34N4O3. The number of amides is 1. The molecule has 1 fully saturated rings. The molecule has 1 amide bonds. The van der Waals surface area contributed by atoms with E-state index in [4.69, 9.17) is 20.2 Å². The van der Waals surface area contributed by atoms with Gasteiger partial charge in [-0.1, -0.05) is 12.1 Å². The van der Waals surface area contributed by atoms with E-state index < -0.39 is 5.91 Å². The van der Waals surface area contributed by atoms with Crippen molar-refractivity contribution in [2.75, 3.05) is 46.5 Å². The molecule has 0 unspecified atom stereocenters. The molecule has 1 aromatic carbocycles. The van der Waals surface area contributed by atoms with Gasteiger partial charge in [0.05, 0.1) is 0 Å². The minimum Gasteiger partial charge on any atom is -0.484 e. The largest absolute Gasteiger partial charge is 0.484 e. The Morgan fingerprint density at radius 3 is 2.68 bits per heavy atom. The number of ether oxygens (including phenoxy) is 2. The monoisotopic (exact) mass is 390 g/mol. The molecule has 3 N–H and O–H groups in total. The van der Waals surface area contributed by atoms with Crippen LogP contribution < -0.4 is 15.8 Å². The van der Waals surface area contributed by atoms with Crippen LogP contribution in [0.2, 0.25) is 0 Å². The molecule has 1 saturated heterocycles. The molecule has 1 aliphatic heterocycles. The van der Waals surface area contributed by atoms with E-state index in [0.29, 0.717) is 12.3 Å². The third kappa shape index (κ3) is 8.17. The first kappa shape index (κ1) is 22.0. The zero-order valence-electron chi connectivity index (χ0n) is 17.2. The summed E-state index contributed by atoms with van der Waals surface area (Å²) in [4.78, 5) is 17.7. The van der Waals surface area contributed by atoms with Crippen LogP contribution >= 0.6 is 0 Å². The first-order valence-electron chi connectivity index (χ1n) is 10.2. The molecule has 0 saturated carbocycles. The Morgan fingerprint density at radius 1 is 1.32 bits per heavy atom. The number of benzene rings is 1. The van der Waals surface area contributed by atoms with Crippen molar-refractivity contribution in [1.29, 1.82) is 0 Å². The molecule has 0 spiro atoms. The van der Waals surface area contributed by atoms with Crippen molar-refractivity contribution >= 4 is 11.9 Å². The highest BCUT2D eigenvalue weighted by molar-refractivity contribution is 5.79. The van der Waals surface area contributed by atoms with E-state index in [9.17, 15) is 4.79 Å². The molecule has 156 valence electrons. The summed E-state index contributed by atoms with van der Waals surface area (Å²) in [6.45, 7) is 6.35. The van der Waals surface area contributed by atoms with Gasteiger partial charge in [0.25, 0.3) is 5.91 Å². The van der Waals surface area contributed by atoms with E-state index in [1.54, 1.807) is 0 Å². The van der Waals surface area contributed by atoms with Crippen LogP contribution in [-0.2, 0) is 16.0 Å². The fourth-order valence-electron chi connectivity index (χ4n) is 3.18. The standard InChI is InChI=1S/C21H34N4O3/c1-3-23-21(25(2)13-9-18-10-14-27-15-11-18)24-12-8-17-4-6-19(7-5-17)28-16-20(22)26/h4-7,18H,3,8-16H2,1-2H3,(H2,22,26)(H,23,24). The Kier molecular flexibility index (Phi) is 9.62. The lowest BCUT2D eigenvalue weighted by Crippen LogP contribution is -2.40.